The van der Waals surface area contributed by atoms with E-state index in [9.17, 15) is 9.59 Å². The zero-order valence-corrected chi connectivity index (χ0v) is 15.4. The molecule has 3 amide bonds. The average molecular weight is 357 g/mol. The number of aliphatic imine (C=N–C) groups is 1. The van der Waals surface area contributed by atoms with Crippen molar-refractivity contribution < 1.29 is 9.59 Å². The van der Waals surface area contributed by atoms with E-state index in [4.69, 9.17) is 5.73 Å². The van der Waals surface area contributed by atoms with Gasteiger partial charge in [-0.15, -0.1) is 0 Å². The quantitative estimate of drug-likeness (QED) is 0.427. The number of nitrogens with one attached hydrogen (secondary N) is 2. The third-order valence-corrected chi connectivity index (χ3v) is 4.91. The van der Waals surface area contributed by atoms with Crippen molar-refractivity contribution in [1.29, 1.82) is 0 Å². The molecule has 0 atom stereocenters. The van der Waals surface area contributed by atoms with E-state index in [1.165, 1.54) is 4.90 Å². The summed E-state index contributed by atoms with van der Waals surface area (Å²) >= 11 is 0. The Morgan fingerprint density at radius 1 is 1.35 bits per heavy atom. The molecule has 3 rings (SSSR count). The van der Waals surface area contributed by atoms with E-state index in [1.807, 2.05) is 18.2 Å². The SMILES string of the molecule is CC(C)CNC(N)=NCc1cccc(N2C(=O)NC3(CCCC3)C2=O)c1. The van der Waals surface area contributed by atoms with E-state index in [1.54, 1.807) is 6.07 Å². The maximum atomic E-state index is 12.9. The predicted molar refractivity (Wildman–Crippen MR) is 102 cm³/mol. The Bertz CT molecular complexity index is 722. The first-order chi connectivity index (χ1) is 12.4. The molecule has 0 radical (unpaired) electrons. The fraction of sp³-hybridized carbons (Fsp3) is 0.526. The van der Waals surface area contributed by atoms with Crippen LogP contribution >= 0.6 is 0 Å². The summed E-state index contributed by atoms with van der Waals surface area (Å²) in [4.78, 5) is 30.8. The number of nitrogens with two attached hydrogens (primary N) is 1. The molecule has 4 N–H and O–H groups in total. The second kappa shape index (κ2) is 7.35. The van der Waals surface area contributed by atoms with Crippen molar-refractivity contribution in [2.75, 3.05) is 11.4 Å². The maximum absolute atomic E-state index is 12.9. The minimum absolute atomic E-state index is 0.140. The van der Waals surface area contributed by atoms with Gasteiger partial charge in [-0.25, -0.2) is 14.7 Å². The number of amides is 3. The number of anilines is 1. The number of carbonyl (C=O) groups is 2. The third kappa shape index (κ3) is 3.66. The minimum Gasteiger partial charge on any atom is -0.370 e. The van der Waals surface area contributed by atoms with Gasteiger partial charge >= 0.3 is 6.03 Å². The van der Waals surface area contributed by atoms with Gasteiger partial charge < -0.3 is 16.4 Å². The molecule has 7 heteroatoms. The monoisotopic (exact) mass is 357 g/mol. The van der Waals surface area contributed by atoms with Crippen molar-refractivity contribution in [3.63, 3.8) is 0 Å². The van der Waals surface area contributed by atoms with Crippen LogP contribution in [0.5, 0.6) is 0 Å². The molecule has 1 aromatic rings. The van der Waals surface area contributed by atoms with E-state index in [2.05, 4.69) is 29.5 Å². The van der Waals surface area contributed by atoms with Gasteiger partial charge in [0.15, 0.2) is 5.96 Å². The molecule has 1 saturated carbocycles. The number of urea groups is 1. The molecule has 1 aromatic carbocycles. The molecule has 1 aliphatic carbocycles. The standard InChI is InChI=1S/C19H27N5O2/c1-13(2)11-21-17(20)22-12-14-6-5-7-15(10-14)24-16(25)19(23-18(24)26)8-3-4-9-19/h5-7,10,13H,3-4,8-9,11-12H2,1-2H3,(H,23,26)(H3,20,21,22). The Labute approximate surface area is 154 Å². The molecule has 1 aliphatic heterocycles. The van der Waals surface area contributed by atoms with E-state index in [0.29, 0.717) is 24.1 Å². The summed E-state index contributed by atoms with van der Waals surface area (Å²) in [5.41, 5.74) is 6.64. The van der Waals surface area contributed by atoms with Gasteiger partial charge in [-0.3, -0.25) is 4.79 Å². The molecular weight excluding hydrogens is 330 g/mol. The van der Waals surface area contributed by atoms with Crippen molar-refractivity contribution in [2.45, 2.75) is 51.6 Å². The lowest BCUT2D eigenvalue weighted by Gasteiger charge is -2.20. The number of imide groups is 1. The van der Waals surface area contributed by atoms with Crippen LogP contribution in [0.25, 0.3) is 0 Å². The normalized spacial score (nSPS) is 19.5. The van der Waals surface area contributed by atoms with Gasteiger partial charge in [0.05, 0.1) is 12.2 Å². The van der Waals surface area contributed by atoms with Crippen molar-refractivity contribution in [3.05, 3.63) is 29.8 Å². The molecule has 140 valence electrons. The van der Waals surface area contributed by atoms with E-state index in [0.717, 1.165) is 37.8 Å². The molecule has 26 heavy (non-hydrogen) atoms. The Kier molecular flexibility index (Phi) is 5.15. The Morgan fingerprint density at radius 2 is 2.08 bits per heavy atom. The third-order valence-electron chi connectivity index (χ3n) is 4.91. The van der Waals surface area contributed by atoms with Crippen molar-refractivity contribution in [1.82, 2.24) is 10.6 Å². The van der Waals surface area contributed by atoms with Gasteiger partial charge in [0, 0.05) is 6.54 Å². The van der Waals surface area contributed by atoms with Gasteiger partial charge in [-0.05, 0) is 36.5 Å². The number of hydrogen-bond donors (Lipinski definition) is 3. The zero-order valence-electron chi connectivity index (χ0n) is 15.4. The second-order valence-corrected chi connectivity index (χ2v) is 7.51. The van der Waals surface area contributed by atoms with Crippen LogP contribution in [0.15, 0.2) is 29.3 Å². The summed E-state index contributed by atoms with van der Waals surface area (Å²) in [5.74, 6) is 0.734. The highest BCUT2D eigenvalue weighted by Gasteiger charge is 2.52. The smallest absolute Gasteiger partial charge is 0.329 e. The van der Waals surface area contributed by atoms with Crippen molar-refractivity contribution in [3.8, 4) is 0 Å². The van der Waals surface area contributed by atoms with Gasteiger partial charge in [0.1, 0.15) is 5.54 Å². The molecule has 1 saturated heterocycles. The molecule has 0 unspecified atom stereocenters. The topological polar surface area (TPSA) is 99.8 Å². The summed E-state index contributed by atoms with van der Waals surface area (Å²) in [6.07, 6.45) is 3.38. The Hall–Kier alpha value is -2.57. The summed E-state index contributed by atoms with van der Waals surface area (Å²) in [7, 11) is 0. The van der Waals surface area contributed by atoms with Crippen LogP contribution in [-0.2, 0) is 11.3 Å². The summed E-state index contributed by atoms with van der Waals surface area (Å²) in [5, 5.41) is 5.97. The number of nitrogens with zero attached hydrogens (tertiary/aromatic N) is 2. The number of hydrogen-bond acceptors (Lipinski definition) is 3. The van der Waals surface area contributed by atoms with Gasteiger partial charge in [-0.2, -0.15) is 0 Å². The van der Waals surface area contributed by atoms with Gasteiger partial charge in [0.2, 0.25) is 0 Å². The fourth-order valence-corrected chi connectivity index (χ4v) is 3.51. The lowest BCUT2D eigenvalue weighted by molar-refractivity contribution is -0.121. The molecule has 7 nitrogen and oxygen atoms in total. The Balaban J connectivity index is 1.72. The van der Waals surface area contributed by atoms with Crippen molar-refractivity contribution in [2.24, 2.45) is 16.6 Å². The van der Waals surface area contributed by atoms with Crippen molar-refractivity contribution >= 4 is 23.6 Å². The predicted octanol–water partition coefficient (Wildman–Crippen LogP) is 2.12. The van der Waals surface area contributed by atoms with E-state index >= 15 is 0 Å². The summed E-state index contributed by atoms with van der Waals surface area (Å²) in [6.45, 7) is 5.34. The first-order valence-electron chi connectivity index (χ1n) is 9.21. The first kappa shape index (κ1) is 18.2. The highest BCUT2D eigenvalue weighted by atomic mass is 16.2. The van der Waals surface area contributed by atoms with Gasteiger partial charge in [-0.1, -0.05) is 38.8 Å². The lowest BCUT2D eigenvalue weighted by atomic mass is 9.98. The van der Waals surface area contributed by atoms with Crippen LogP contribution in [-0.4, -0.2) is 30.0 Å². The summed E-state index contributed by atoms with van der Waals surface area (Å²) < 4.78 is 0. The molecule has 2 fully saturated rings. The molecule has 2 aliphatic rings. The Morgan fingerprint density at radius 3 is 2.77 bits per heavy atom. The molecule has 1 heterocycles. The lowest BCUT2D eigenvalue weighted by Crippen LogP contribution is -2.44. The number of benzene rings is 1. The number of rotatable bonds is 5. The number of carbonyl (C=O) groups excluding carboxylic acids is 2. The highest BCUT2D eigenvalue weighted by Crippen LogP contribution is 2.37. The van der Waals surface area contributed by atoms with Crippen LogP contribution < -0.4 is 21.3 Å². The zero-order chi connectivity index (χ0) is 18.7. The van der Waals surface area contributed by atoms with Crippen LogP contribution in [0.2, 0.25) is 0 Å². The van der Waals surface area contributed by atoms with Crippen LogP contribution in [0.1, 0.15) is 45.1 Å². The van der Waals surface area contributed by atoms with E-state index in [-0.39, 0.29) is 11.9 Å². The molecular formula is C19H27N5O2. The van der Waals surface area contributed by atoms with Gasteiger partial charge in [0.25, 0.3) is 5.91 Å². The number of guanidine groups is 1. The van der Waals surface area contributed by atoms with Crippen LogP contribution in [0.3, 0.4) is 0 Å². The molecule has 1 spiro atoms. The van der Waals surface area contributed by atoms with E-state index < -0.39 is 5.54 Å². The summed E-state index contributed by atoms with van der Waals surface area (Å²) in [6, 6.07) is 7.00. The highest BCUT2D eigenvalue weighted by molar-refractivity contribution is 6.23. The van der Waals surface area contributed by atoms with Crippen LogP contribution in [0.4, 0.5) is 10.5 Å². The second-order valence-electron chi connectivity index (χ2n) is 7.51. The minimum atomic E-state index is -0.698. The maximum Gasteiger partial charge on any atom is 0.329 e. The molecule has 0 aromatic heterocycles. The van der Waals surface area contributed by atoms with Crippen LogP contribution in [0, 0.1) is 5.92 Å². The largest absolute Gasteiger partial charge is 0.370 e. The first-order valence-corrected chi connectivity index (χ1v) is 9.21. The fourth-order valence-electron chi connectivity index (χ4n) is 3.51. The average Bonchev–Trinajstić information content (AvgIpc) is 3.17. The molecule has 0 bridgehead atoms.